The van der Waals surface area contributed by atoms with Gasteiger partial charge in [-0.05, 0) is 45.6 Å². The third-order valence-corrected chi connectivity index (χ3v) is 4.59. The summed E-state index contributed by atoms with van der Waals surface area (Å²) in [6, 6.07) is 7.80. The Hall–Kier alpha value is -1.50. The molecule has 2 aromatic heterocycles. The summed E-state index contributed by atoms with van der Waals surface area (Å²) < 4.78 is 14.6. The Morgan fingerprint density at radius 2 is 2.14 bits per heavy atom. The zero-order valence-corrected chi connectivity index (χ0v) is 13.5. The molecule has 0 unspecified atom stereocenters. The van der Waals surface area contributed by atoms with Crippen molar-refractivity contribution in [3.63, 3.8) is 0 Å². The van der Waals surface area contributed by atoms with Gasteiger partial charge < -0.3 is 5.32 Å². The predicted octanol–water partition coefficient (Wildman–Crippen LogP) is 5.10. The first-order valence-corrected chi connectivity index (χ1v) is 7.83. The number of thiophene rings is 1. The van der Waals surface area contributed by atoms with Gasteiger partial charge in [0.15, 0.2) is 5.15 Å². The highest BCUT2D eigenvalue weighted by atomic mass is 79.9. The van der Waals surface area contributed by atoms with Crippen molar-refractivity contribution in [2.24, 2.45) is 0 Å². The van der Waals surface area contributed by atoms with Crippen molar-refractivity contribution >= 4 is 60.5 Å². The SMILES string of the molecule is O=C(Nc1cc(Br)cnc1Cl)c1cc2ccc(F)cc2s1. The van der Waals surface area contributed by atoms with Gasteiger partial charge in [-0.1, -0.05) is 17.7 Å². The normalized spacial score (nSPS) is 10.8. The first-order valence-electron chi connectivity index (χ1n) is 5.84. The number of fused-ring (bicyclic) bond motifs is 1. The van der Waals surface area contributed by atoms with Crippen molar-refractivity contribution < 1.29 is 9.18 Å². The van der Waals surface area contributed by atoms with Gasteiger partial charge in [-0.15, -0.1) is 11.3 Å². The highest BCUT2D eigenvalue weighted by molar-refractivity contribution is 9.10. The van der Waals surface area contributed by atoms with Crippen molar-refractivity contribution in [2.45, 2.75) is 0 Å². The topological polar surface area (TPSA) is 42.0 Å². The highest BCUT2D eigenvalue weighted by Gasteiger charge is 2.13. The largest absolute Gasteiger partial charge is 0.319 e. The lowest BCUT2D eigenvalue weighted by atomic mass is 10.2. The molecule has 106 valence electrons. The van der Waals surface area contributed by atoms with E-state index in [2.05, 4.69) is 26.2 Å². The molecule has 21 heavy (non-hydrogen) atoms. The van der Waals surface area contributed by atoms with E-state index in [9.17, 15) is 9.18 Å². The third-order valence-electron chi connectivity index (χ3n) is 2.76. The molecule has 0 saturated carbocycles. The summed E-state index contributed by atoms with van der Waals surface area (Å²) in [5.41, 5.74) is 0.416. The number of carbonyl (C=O) groups is 1. The standard InChI is InChI=1S/C14H7BrClFN2OS/c15-8-4-10(13(16)18-6-8)19-14(20)12-3-7-1-2-9(17)5-11(7)21-12/h1-6H,(H,19,20). The summed E-state index contributed by atoms with van der Waals surface area (Å²) in [6.07, 6.45) is 1.54. The lowest BCUT2D eigenvalue weighted by Crippen LogP contribution is -2.10. The highest BCUT2D eigenvalue weighted by Crippen LogP contribution is 2.28. The minimum Gasteiger partial charge on any atom is -0.319 e. The molecule has 0 fully saturated rings. The summed E-state index contributed by atoms with van der Waals surface area (Å²) >= 11 is 10.4. The molecule has 0 saturated heterocycles. The molecule has 1 aromatic carbocycles. The van der Waals surface area contributed by atoms with Crippen LogP contribution in [0, 0.1) is 5.82 Å². The molecule has 2 heterocycles. The fourth-order valence-corrected chi connectivity index (χ4v) is 3.28. The Labute approximate surface area is 136 Å². The molecule has 1 amide bonds. The number of hydrogen-bond donors (Lipinski definition) is 1. The van der Waals surface area contributed by atoms with Gasteiger partial charge in [0.25, 0.3) is 5.91 Å². The molecule has 3 aromatic rings. The number of anilines is 1. The van der Waals surface area contributed by atoms with Crippen LogP contribution in [0.15, 0.2) is 41.0 Å². The van der Waals surface area contributed by atoms with E-state index in [1.807, 2.05) is 0 Å². The number of nitrogens with zero attached hydrogens (tertiary/aromatic N) is 1. The van der Waals surface area contributed by atoms with Crippen LogP contribution in [-0.2, 0) is 0 Å². The Bertz CT molecular complexity index is 852. The minimum atomic E-state index is -0.324. The van der Waals surface area contributed by atoms with E-state index in [-0.39, 0.29) is 16.9 Å². The summed E-state index contributed by atoms with van der Waals surface area (Å²) in [4.78, 5) is 16.7. The zero-order valence-electron chi connectivity index (χ0n) is 10.4. The van der Waals surface area contributed by atoms with E-state index in [0.29, 0.717) is 15.0 Å². The van der Waals surface area contributed by atoms with Gasteiger partial charge in [-0.2, -0.15) is 0 Å². The number of hydrogen-bond acceptors (Lipinski definition) is 3. The second kappa shape index (κ2) is 5.71. The number of aromatic nitrogens is 1. The van der Waals surface area contributed by atoms with Crippen LogP contribution in [0.5, 0.6) is 0 Å². The van der Waals surface area contributed by atoms with Crippen LogP contribution < -0.4 is 5.32 Å². The second-order valence-electron chi connectivity index (χ2n) is 4.24. The van der Waals surface area contributed by atoms with Crippen LogP contribution in [0.3, 0.4) is 0 Å². The van der Waals surface area contributed by atoms with Crippen LogP contribution in [0.4, 0.5) is 10.1 Å². The number of rotatable bonds is 2. The summed E-state index contributed by atoms with van der Waals surface area (Å²) in [5.74, 6) is -0.631. The first kappa shape index (κ1) is 14.4. The molecule has 0 aliphatic rings. The Morgan fingerprint density at radius 3 is 2.95 bits per heavy atom. The molecular formula is C14H7BrClFN2OS. The first-order chi connectivity index (χ1) is 10.0. The summed E-state index contributed by atoms with van der Waals surface area (Å²) in [7, 11) is 0. The lowest BCUT2D eigenvalue weighted by Gasteiger charge is -2.05. The van der Waals surface area contributed by atoms with E-state index in [0.717, 1.165) is 10.1 Å². The van der Waals surface area contributed by atoms with E-state index in [1.165, 1.54) is 23.5 Å². The van der Waals surface area contributed by atoms with Crippen LogP contribution in [-0.4, -0.2) is 10.9 Å². The van der Waals surface area contributed by atoms with E-state index < -0.39 is 0 Å². The van der Waals surface area contributed by atoms with Crippen molar-refractivity contribution in [2.75, 3.05) is 5.32 Å². The maximum absolute atomic E-state index is 13.2. The second-order valence-corrected chi connectivity index (χ2v) is 6.60. The molecule has 0 atom stereocenters. The predicted molar refractivity (Wildman–Crippen MR) is 86.7 cm³/mol. The van der Waals surface area contributed by atoms with Crippen molar-refractivity contribution in [3.8, 4) is 0 Å². The van der Waals surface area contributed by atoms with Crippen molar-refractivity contribution in [1.82, 2.24) is 4.98 Å². The summed E-state index contributed by atoms with van der Waals surface area (Å²) in [6.45, 7) is 0. The van der Waals surface area contributed by atoms with Gasteiger partial charge in [0.05, 0.1) is 10.6 Å². The van der Waals surface area contributed by atoms with Crippen LogP contribution in [0.1, 0.15) is 9.67 Å². The smallest absolute Gasteiger partial charge is 0.265 e. The third kappa shape index (κ3) is 3.07. The maximum Gasteiger partial charge on any atom is 0.265 e. The molecule has 0 aliphatic heterocycles. The van der Waals surface area contributed by atoms with Crippen LogP contribution >= 0.6 is 38.9 Å². The molecule has 0 spiro atoms. The van der Waals surface area contributed by atoms with E-state index in [4.69, 9.17) is 11.6 Å². The number of benzene rings is 1. The molecule has 1 N–H and O–H groups in total. The fraction of sp³-hybridized carbons (Fsp3) is 0. The van der Waals surface area contributed by atoms with Crippen LogP contribution in [0.25, 0.3) is 10.1 Å². The number of pyridine rings is 1. The number of carbonyl (C=O) groups excluding carboxylic acids is 1. The van der Waals surface area contributed by atoms with E-state index >= 15 is 0 Å². The average Bonchev–Trinajstić information content (AvgIpc) is 2.86. The number of amides is 1. The molecule has 3 rings (SSSR count). The zero-order chi connectivity index (χ0) is 15.0. The average molecular weight is 386 g/mol. The van der Waals surface area contributed by atoms with Crippen molar-refractivity contribution in [1.29, 1.82) is 0 Å². The maximum atomic E-state index is 13.2. The minimum absolute atomic E-state index is 0.207. The summed E-state index contributed by atoms with van der Waals surface area (Å²) in [5, 5.41) is 3.73. The van der Waals surface area contributed by atoms with E-state index in [1.54, 1.807) is 24.4 Å². The molecule has 7 heteroatoms. The molecular weight excluding hydrogens is 379 g/mol. The monoisotopic (exact) mass is 384 g/mol. The Morgan fingerprint density at radius 1 is 1.33 bits per heavy atom. The molecule has 0 aliphatic carbocycles. The van der Waals surface area contributed by atoms with Crippen LogP contribution in [0.2, 0.25) is 5.15 Å². The number of halogens is 3. The number of nitrogens with one attached hydrogen (secondary N) is 1. The molecule has 3 nitrogen and oxygen atoms in total. The van der Waals surface area contributed by atoms with Crippen molar-refractivity contribution in [3.05, 3.63) is 56.8 Å². The fourth-order valence-electron chi connectivity index (χ4n) is 1.81. The Balaban J connectivity index is 1.91. The van der Waals surface area contributed by atoms with Gasteiger partial charge in [0.1, 0.15) is 5.82 Å². The van der Waals surface area contributed by atoms with Gasteiger partial charge >= 0.3 is 0 Å². The van der Waals surface area contributed by atoms with Gasteiger partial charge in [-0.25, -0.2) is 9.37 Å². The Kier molecular flexibility index (Phi) is 3.93. The van der Waals surface area contributed by atoms with Gasteiger partial charge in [-0.3, -0.25) is 4.79 Å². The quantitative estimate of drug-likeness (QED) is 0.623. The van der Waals surface area contributed by atoms with Gasteiger partial charge in [0.2, 0.25) is 0 Å². The lowest BCUT2D eigenvalue weighted by molar-refractivity contribution is 0.103. The van der Waals surface area contributed by atoms with Gasteiger partial charge in [0, 0.05) is 15.4 Å². The molecule has 0 radical (unpaired) electrons. The molecule has 0 bridgehead atoms.